The average Bonchev–Trinajstić information content (AvgIpc) is 3.46. The van der Waals surface area contributed by atoms with Crippen LogP contribution in [0.3, 0.4) is 0 Å². The summed E-state index contributed by atoms with van der Waals surface area (Å²) in [6.45, 7) is 19.8. The van der Waals surface area contributed by atoms with Crippen LogP contribution in [0.5, 0.6) is 23.0 Å². The third kappa shape index (κ3) is 8.95. The van der Waals surface area contributed by atoms with E-state index in [1.807, 2.05) is 4.90 Å². The number of benzene rings is 2. The lowest BCUT2D eigenvalue weighted by atomic mass is 9.78. The highest BCUT2D eigenvalue weighted by Gasteiger charge is 2.50. The maximum atomic E-state index is 14.5. The summed E-state index contributed by atoms with van der Waals surface area (Å²) in [5, 5.41) is 61.4. The van der Waals surface area contributed by atoms with Crippen LogP contribution in [0.4, 0.5) is 11.4 Å². The van der Waals surface area contributed by atoms with Crippen molar-refractivity contribution in [3.63, 3.8) is 0 Å². The number of phenolic OH excluding ortho intramolecular Hbond substituents is 3. The molecule has 0 aromatic heterocycles. The molecule has 15 heteroatoms. The van der Waals surface area contributed by atoms with Gasteiger partial charge in [-0.2, -0.15) is 0 Å². The van der Waals surface area contributed by atoms with Crippen LogP contribution in [-0.2, 0) is 23.8 Å². The Morgan fingerprint density at radius 3 is 2.18 bits per heavy atom. The second kappa shape index (κ2) is 18.4. The lowest BCUT2D eigenvalue weighted by Gasteiger charge is -2.38. The number of aliphatic hydroxyl groups excluding tert-OH is 2. The molecule has 6 rings (SSSR count). The molecule has 9 atom stereocenters. The number of rotatable bonds is 5. The zero-order chi connectivity index (χ0) is 44.5. The number of fused-ring (bicyclic) bond motifs is 14. The summed E-state index contributed by atoms with van der Waals surface area (Å²) in [6.07, 6.45) is 3.73. The van der Waals surface area contributed by atoms with Gasteiger partial charge in [-0.1, -0.05) is 59.8 Å². The molecule has 1 saturated heterocycles. The van der Waals surface area contributed by atoms with Crippen molar-refractivity contribution in [2.24, 2.45) is 29.6 Å². The molecule has 0 aliphatic carbocycles. The number of piperazine rings is 1. The number of carbonyl (C=O) groups is 3. The van der Waals surface area contributed by atoms with E-state index in [2.05, 4.69) is 24.1 Å². The summed E-state index contributed by atoms with van der Waals surface area (Å²) in [5.74, 6) is -7.50. The van der Waals surface area contributed by atoms with Crippen molar-refractivity contribution in [2.75, 3.05) is 50.1 Å². The number of Topliss-reactive ketones (excluding diaryl/α,β-unsaturated/α-hetero) is 1. The van der Waals surface area contributed by atoms with E-state index in [1.54, 1.807) is 46.8 Å². The fourth-order valence-corrected chi connectivity index (χ4v) is 8.69. The second-order valence-corrected chi connectivity index (χ2v) is 17.2. The maximum Gasteiger partial charge on any atom is 0.312 e. The minimum atomic E-state index is -2.02. The van der Waals surface area contributed by atoms with E-state index in [1.165, 1.54) is 46.3 Å². The normalized spacial score (nSPS) is 31.7. The zero-order valence-corrected chi connectivity index (χ0v) is 36.6. The smallest absolute Gasteiger partial charge is 0.312 e. The molecule has 0 radical (unpaired) electrons. The molecule has 1 fully saturated rings. The van der Waals surface area contributed by atoms with Crippen LogP contribution in [0.25, 0.3) is 10.8 Å². The van der Waals surface area contributed by atoms with Crippen LogP contribution < -0.4 is 15.0 Å². The fourth-order valence-electron chi connectivity index (χ4n) is 8.69. The molecule has 330 valence electrons. The van der Waals surface area contributed by atoms with Gasteiger partial charge in [0, 0.05) is 93.9 Å². The third-order valence-electron chi connectivity index (χ3n) is 12.3. The molecular weight excluding hydrogens is 775 g/mol. The number of phenols is 3. The molecule has 4 aliphatic heterocycles. The third-order valence-corrected chi connectivity index (χ3v) is 12.3. The molecule has 60 heavy (non-hydrogen) atoms. The quantitative estimate of drug-likeness (QED) is 0.124. The van der Waals surface area contributed by atoms with Gasteiger partial charge in [0.1, 0.15) is 34.7 Å². The number of anilines is 2. The van der Waals surface area contributed by atoms with Crippen molar-refractivity contribution in [3.05, 3.63) is 47.3 Å². The molecule has 4 aliphatic rings. The van der Waals surface area contributed by atoms with Gasteiger partial charge >= 0.3 is 11.8 Å². The summed E-state index contributed by atoms with van der Waals surface area (Å²) in [6, 6.07) is 0. The number of aliphatic hydroxyl groups is 2. The van der Waals surface area contributed by atoms with Crippen LogP contribution in [0.15, 0.2) is 36.1 Å². The van der Waals surface area contributed by atoms with Crippen molar-refractivity contribution >= 4 is 39.8 Å². The number of allylic oxidation sites excluding steroid dienone is 2. The van der Waals surface area contributed by atoms with Crippen LogP contribution in [0.1, 0.15) is 78.2 Å². The van der Waals surface area contributed by atoms with Crippen LogP contribution in [-0.4, -0.2) is 118 Å². The molecule has 4 heterocycles. The number of nitrogens with zero attached hydrogens (tertiary/aromatic N) is 2. The molecule has 0 spiro atoms. The Kier molecular flexibility index (Phi) is 14.2. The Morgan fingerprint density at radius 1 is 0.933 bits per heavy atom. The summed E-state index contributed by atoms with van der Waals surface area (Å²) >= 11 is 0. The summed E-state index contributed by atoms with van der Waals surface area (Å²) in [4.78, 5) is 44.9. The monoisotopic (exact) mass is 837 g/mol. The van der Waals surface area contributed by atoms with Gasteiger partial charge in [-0.25, -0.2) is 0 Å². The van der Waals surface area contributed by atoms with E-state index in [4.69, 9.17) is 18.9 Å². The van der Waals surface area contributed by atoms with Gasteiger partial charge < -0.3 is 54.7 Å². The number of esters is 1. The number of hydrogen-bond acceptors (Lipinski definition) is 14. The van der Waals surface area contributed by atoms with E-state index in [-0.39, 0.29) is 44.6 Å². The van der Waals surface area contributed by atoms with Crippen molar-refractivity contribution < 1.29 is 58.9 Å². The minimum Gasteiger partial charge on any atom is -0.507 e. The highest BCUT2D eigenvalue weighted by Crippen LogP contribution is 2.57. The molecule has 0 saturated carbocycles. The number of methoxy groups -OCH3 is 1. The maximum absolute atomic E-state index is 14.5. The standard InChI is InChI=1S/C45H63N3O12/c1-22(2)21-47-16-18-48(19-17-47)35-34-39(53)32-31(40(35)54)33-42(28(8)38(32)52)60-45(10,43(33)55)58-20-15-30(57-11)25(5)41(59-29(9)49)27(7)37(51)26(6)36(50)23(3)13-12-14-24(4)44(56)46-34/h12-15,20,22-23,25-27,30,36-37,41,50-54H,16-19,21H2,1-11H3,(H,46,56)/b13-12+,20-15+,24-14-. The molecular formula is C45H63N3O12. The van der Waals surface area contributed by atoms with Gasteiger partial charge in [-0.05, 0) is 25.8 Å². The number of hydrogen-bond donors (Lipinski definition) is 6. The van der Waals surface area contributed by atoms with E-state index >= 15 is 0 Å². The first kappa shape index (κ1) is 46.2. The summed E-state index contributed by atoms with van der Waals surface area (Å²) in [7, 11) is 1.45. The number of carbonyl (C=O) groups excluding carboxylic acids is 3. The summed E-state index contributed by atoms with van der Waals surface area (Å²) in [5.41, 5.74) is 0.0871. The van der Waals surface area contributed by atoms with Gasteiger partial charge in [0.05, 0.1) is 35.5 Å². The van der Waals surface area contributed by atoms with Gasteiger partial charge in [0.2, 0.25) is 0 Å². The lowest BCUT2D eigenvalue weighted by molar-refractivity contribution is -0.160. The predicted octanol–water partition coefficient (Wildman–Crippen LogP) is 5.53. The van der Waals surface area contributed by atoms with E-state index in [0.717, 1.165) is 6.54 Å². The highest BCUT2D eigenvalue weighted by molar-refractivity contribution is 6.23. The molecule has 1 amide bonds. The van der Waals surface area contributed by atoms with E-state index in [0.29, 0.717) is 32.1 Å². The van der Waals surface area contributed by atoms with Crippen molar-refractivity contribution in [2.45, 2.75) is 99.4 Å². The zero-order valence-electron chi connectivity index (χ0n) is 36.6. The minimum absolute atomic E-state index is 0.0592. The number of aromatic hydroxyl groups is 3. The highest BCUT2D eigenvalue weighted by atomic mass is 16.7. The molecule has 9 unspecified atom stereocenters. The number of ketones is 1. The van der Waals surface area contributed by atoms with Gasteiger partial charge in [-0.3, -0.25) is 19.3 Å². The van der Waals surface area contributed by atoms with E-state index in [9.17, 15) is 39.9 Å². The average molecular weight is 838 g/mol. The largest absolute Gasteiger partial charge is 0.507 e. The van der Waals surface area contributed by atoms with Gasteiger partial charge in [0.25, 0.3) is 11.7 Å². The predicted molar refractivity (Wildman–Crippen MR) is 227 cm³/mol. The lowest BCUT2D eigenvalue weighted by Crippen LogP contribution is -2.47. The van der Waals surface area contributed by atoms with Crippen LogP contribution in [0.2, 0.25) is 0 Å². The molecule has 5 bridgehead atoms. The Labute approximate surface area is 352 Å². The Morgan fingerprint density at radius 2 is 1.58 bits per heavy atom. The van der Waals surface area contributed by atoms with Crippen LogP contribution >= 0.6 is 0 Å². The number of ether oxygens (including phenoxy) is 4. The van der Waals surface area contributed by atoms with Crippen molar-refractivity contribution in [1.82, 2.24) is 4.90 Å². The fraction of sp³-hybridized carbons (Fsp3) is 0.578. The van der Waals surface area contributed by atoms with Gasteiger partial charge in [-0.15, -0.1) is 0 Å². The Balaban J connectivity index is 1.70. The second-order valence-electron chi connectivity index (χ2n) is 17.2. The first-order valence-electron chi connectivity index (χ1n) is 20.7. The SMILES string of the molecule is COC1/C=C/OC2(C)Oc3c(C)c(O)c4c(O)c(c(N5CCN(CC(C)C)CC5)c(O)c4c3C2=O)NC(=O)/C(C)=C\C=C\C(C)C(O)C(C)C(O)C(C)C(OC(C)=O)C1C. The van der Waals surface area contributed by atoms with Crippen molar-refractivity contribution in [1.29, 1.82) is 0 Å². The topological polar surface area (TPSA) is 208 Å². The molecule has 15 nitrogen and oxygen atoms in total. The molecule has 2 aromatic carbocycles. The molecule has 6 N–H and O–H groups in total. The first-order valence-corrected chi connectivity index (χ1v) is 20.7. The van der Waals surface area contributed by atoms with Gasteiger partial charge in [0.15, 0.2) is 5.75 Å². The summed E-state index contributed by atoms with van der Waals surface area (Å²) < 4.78 is 23.7. The van der Waals surface area contributed by atoms with E-state index < -0.39 is 88.8 Å². The first-order chi connectivity index (χ1) is 28.1. The number of nitrogens with one attached hydrogen (secondary N) is 1. The number of amides is 1. The Hall–Kier alpha value is -4.83. The molecule has 2 aromatic rings. The Bertz CT molecular complexity index is 2050. The van der Waals surface area contributed by atoms with Crippen molar-refractivity contribution in [3.8, 4) is 23.0 Å². The van der Waals surface area contributed by atoms with Crippen LogP contribution in [0, 0.1) is 36.5 Å².